The second kappa shape index (κ2) is 9.37. The number of hydrogen-bond acceptors (Lipinski definition) is 8. The van der Waals surface area contributed by atoms with E-state index in [0.717, 1.165) is 17.0 Å². The molecule has 33 heavy (non-hydrogen) atoms. The first-order valence-corrected chi connectivity index (χ1v) is 10.9. The van der Waals surface area contributed by atoms with Crippen LogP contribution in [-0.4, -0.2) is 32.7 Å². The van der Waals surface area contributed by atoms with E-state index < -0.39 is 5.97 Å². The first-order valence-electron chi connectivity index (χ1n) is 9.96. The molecule has 2 heterocycles. The minimum atomic E-state index is -0.529. The number of carbonyl (C=O) groups is 1. The first kappa shape index (κ1) is 22.4. The molecule has 0 aliphatic heterocycles. The summed E-state index contributed by atoms with van der Waals surface area (Å²) in [6.45, 7) is 3.66. The zero-order chi connectivity index (χ0) is 23.5. The van der Waals surface area contributed by atoms with Gasteiger partial charge in [0.05, 0.1) is 23.6 Å². The average molecular weight is 466 g/mol. The molecule has 0 unspecified atom stereocenters. The van der Waals surface area contributed by atoms with Crippen LogP contribution < -0.4 is 11.0 Å². The molecule has 1 N–H and O–H groups in total. The van der Waals surface area contributed by atoms with Crippen molar-refractivity contribution in [3.05, 3.63) is 87.2 Å². The average Bonchev–Trinajstić information content (AvgIpc) is 2.78. The number of thioether (sulfide) groups is 1. The van der Waals surface area contributed by atoms with Gasteiger partial charge in [0.2, 0.25) is 5.95 Å². The lowest BCUT2D eigenvalue weighted by Crippen LogP contribution is -2.30. The number of benzene rings is 2. The Morgan fingerprint density at radius 1 is 1.09 bits per heavy atom. The van der Waals surface area contributed by atoms with Gasteiger partial charge in [-0.3, -0.25) is 10.2 Å². The van der Waals surface area contributed by atoms with Crippen LogP contribution in [0.2, 0.25) is 0 Å². The maximum atomic E-state index is 13.6. The van der Waals surface area contributed by atoms with Gasteiger partial charge in [0, 0.05) is 17.1 Å². The highest BCUT2D eigenvalue weighted by molar-refractivity contribution is 7.98. The number of carbonyl (C=O) groups excluding carboxylic acids is 1. The minimum Gasteiger partial charge on any atom is -0.465 e. The van der Waals surface area contributed by atoms with Gasteiger partial charge in [-0.1, -0.05) is 23.9 Å². The van der Waals surface area contributed by atoms with Crippen molar-refractivity contribution in [3.63, 3.8) is 0 Å². The van der Waals surface area contributed by atoms with E-state index in [1.807, 2.05) is 19.9 Å². The van der Waals surface area contributed by atoms with Crippen molar-refractivity contribution in [3.8, 4) is 0 Å². The van der Waals surface area contributed by atoms with E-state index in [1.165, 1.54) is 53.9 Å². The largest absolute Gasteiger partial charge is 0.465 e. The quantitative estimate of drug-likeness (QED) is 0.260. The van der Waals surface area contributed by atoms with Crippen molar-refractivity contribution in [2.45, 2.75) is 24.8 Å². The molecule has 0 bridgehead atoms. The lowest BCUT2D eigenvalue weighted by molar-refractivity contribution is 0.0601. The summed E-state index contributed by atoms with van der Waals surface area (Å²) >= 11 is 1.24. The van der Waals surface area contributed by atoms with E-state index in [1.54, 1.807) is 12.1 Å². The van der Waals surface area contributed by atoms with Gasteiger partial charge in [-0.05, 0) is 55.8 Å². The number of anilines is 1. The predicted octanol–water partition coefficient (Wildman–Crippen LogP) is 3.90. The molecule has 0 saturated heterocycles. The van der Waals surface area contributed by atoms with Crippen LogP contribution in [0.15, 0.2) is 58.5 Å². The fraction of sp³-hybridized carbons (Fsp3) is 0.174. The third-order valence-electron chi connectivity index (χ3n) is 4.71. The molecule has 0 aliphatic carbocycles. The fourth-order valence-corrected chi connectivity index (χ4v) is 4.15. The Balaban J connectivity index is 1.81. The molecule has 4 rings (SSSR count). The molecule has 0 radical (unpaired) electrons. The number of ether oxygens (including phenoxy) is 1. The summed E-state index contributed by atoms with van der Waals surface area (Å²) in [6, 6.07) is 12.6. The summed E-state index contributed by atoms with van der Waals surface area (Å²) in [7, 11) is 1.28. The molecule has 8 nitrogen and oxygen atoms in total. The van der Waals surface area contributed by atoms with E-state index >= 15 is 0 Å². The molecular formula is C23H20FN5O3S. The number of nitrogens with zero attached hydrogens (tertiary/aromatic N) is 4. The highest BCUT2D eigenvalue weighted by Gasteiger charge is 2.16. The molecule has 0 spiro atoms. The number of esters is 1. The van der Waals surface area contributed by atoms with Gasteiger partial charge in [-0.25, -0.2) is 24.1 Å². The summed E-state index contributed by atoms with van der Waals surface area (Å²) in [5, 5.41) is 0.608. The Kier molecular flexibility index (Phi) is 6.36. The Morgan fingerprint density at radius 2 is 1.85 bits per heavy atom. The third kappa shape index (κ3) is 5.01. The number of halogens is 1. The van der Waals surface area contributed by atoms with Gasteiger partial charge >= 0.3 is 5.97 Å². The molecule has 0 fully saturated rings. The predicted molar refractivity (Wildman–Crippen MR) is 124 cm³/mol. The summed E-state index contributed by atoms with van der Waals surface area (Å²) in [4.78, 5) is 38.6. The van der Waals surface area contributed by atoms with Crippen molar-refractivity contribution in [1.82, 2.24) is 19.6 Å². The van der Waals surface area contributed by atoms with Crippen LogP contribution in [0.5, 0.6) is 0 Å². The summed E-state index contributed by atoms with van der Waals surface area (Å²) in [5.74, 6) is -0.267. The molecule has 2 aromatic carbocycles. The van der Waals surface area contributed by atoms with Crippen molar-refractivity contribution < 1.29 is 13.9 Å². The maximum absolute atomic E-state index is 13.6. The Bertz CT molecular complexity index is 1400. The van der Waals surface area contributed by atoms with Crippen LogP contribution in [0.1, 0.15) is 27.3 Å². The van der Waals surface area contributed by atoms with Crippen molar-refractivity contribution in [2.24, 2.45) is 0 Å². The van der Waals surface area contributed by atoms with Crippen molar-refractivity contribution >= 4 is 34.6 Å². The van der Waals surface area contributed by atoms with Crippen LogP contribution in [0, 0.1) is 19.7 Å². The van der Waals surface area contributed by atoms with E-state index in [-0.39, 0.29) is 22.9 Å². The second-order valence-corrected chi connectivity index (χ2v) is 8.21. The van der Waals surface area contributed by atoms with Crippen molar-refractivity contribution in [1.29, 1.82) is 0 Å². The Morgan fingerprint density at radius 3 is 2.55 bits per heavy atom. The molecule has 4 aromatic rings. The van der Waals surface area contributed by atoms with Gasteiger partial charge in [-0.2, -0.15) is 4.68 Å². The van der Waals surface area contributed by atoms with Gasteiger partial charge < -0.3 is 4.74 Å². The fourth-order valence-electron chi connectivity index (χ4n) is 3.26. The normalized spacial score (nSPS) is 10.9. The van der Waals surface area contributed by atoms with E-state index in [9.17, 15) is 14.0 Å². The number of rotatable bonds is 6. The molecule has 0 saturated carbocycles. The van der Waals surface area contributed by atoms with Gasteiger partial charge in [0.15, 0.2) is 5.16 Å². The van der Waals surface area contributed by atoms with E-state index in [4.69, 9.17) is 4.74 Å². The number of aryl methyl sites for hydroxylation is 2. The molecule has 10 heteroatoms. The minimum absolute atomic E-state index is 0.245. The summed E-state index contributed by atoms with van der Waals surface area (Å²) < 4.78 is 19.6. The molecule has 2 aromatic heterocycles. The number of methoxy groups -OCH3 is 1. The molecule has 0 atom stereocenters. The SMILES string of the molecule is COC(=O)c1ccc2c(=O)n(Nc3nc(C)cc(C)n3)c(SCc3cccc(F)c3)nc2c1. The monoisotopic (exact) mass is 465 g/mol. The molecule has 0 aliphatic rings. The van der Waals surface area contributed by atoms with E-state index in [0.29, 0.717) is 21.8 Å². The summed E-state index contributed by atoms with van der Waals surface area (Å²) in [5.41, 5.74) is 5.38. The van der Waals surface area contributed by atoms with Crippen LogP contribution in [0.4, 0.5) is 10.3 Å². The highest BCUT2D eigenvalue weighted by Crippen LogP contribution is 2.23. The van der Waals surface area contributed by atoms with Crippen LogP contribution in [0.3, 0.4) is 0 Å². The lowest BCUT2D eigenvalue weighted by Gasteiger charge is -2.15. The number of aromatic nitrogens is 4. The van der Waals surface area contributed by atoms with Crippen molar-refractivity contribution in [2.75, 3.05) is 12.5 Å². The lowest BCUT2D eigenvalue weighted by atomic mass is 10.1. The van der Waals surface area contributed by atoms with Gasteiger partial charge in [0.1, 0.15) is 5.82 Å². The zero-order valence-electron chi connectivity index (χ0n) is 18.1. The van der Waals surface area contributed by atoms with Crippen LogP contribution >= 0.6 is 11.8 Å². The number of hydrogen-bond donors (Lipinski definition) is 1. The number of fused-ring (bicyclic) bond motifs is 1. The first-order chi connectivity index (χ1) is 15.8. The summed E-state index contributed by atoms with van der Waals surface area (Å²) in [6.07, 6.45) is 0. The Hall–Kier alpha value is -3.79. The van der Waals surface area contributed by atoms with Crippen LogP contribution in [-0.2, 0) is 10.5 Å². The Labute approximate surface area is 192 Å². The second-order valence-electron chi connectivity index (χ2n) is 7.26. The number of nitrogens with one attached hydrogen (secondary N) is 1. The van der Waals surface area contributed by atoms with Crippen LogP contribution in [0.25, 0.3) is 10.9 Å². The van der Waals surface area contributed by atoms with E-state index in [2.05, 4.69) is 20.4 Å². The standard InChI is InChI=1S/C23H20FN5O3S/c1-13-9-14(2)26-22(25-13)28-29-20(30)18-8-7-16(21(31)32-3)11-19(18)27-23(29)33-12-15-5-4-6-17(24)10-15/h4-11H,12H2,1-3H3,(H,25,26,28). The molecule has 0 amide bonds. The maximum Gasteiger partial charge on any atom is 0.337 e. The van der Waals surface area contributed by atoms with Gasteiger partial charge in [0.25, 0.3) is 5.56 Å². The zero-order valence-corrected chi connectivity index (χ0v) is 18.9. The topological polar surface area (TPSA) is 99.0 Å². The molecular weight excluding hydrogens is 445 g/mol. The smallest absolute Gasteiger partial charge is 0.337 e. The molecule has 168 valence electrons. The van der Waals surface area contributed by atoms with Gasteiger partial charge in [-0.15, -0.1) is 0 Å². The highest BCUT2D eigenvalue weighted by atomic mass is 32.2. The third-order valence-corrected chi connectivity index (χ3v) is 5.72.